The lowest BCUT2D eigenvalue weighted by Crippen LogP contribution is -2.33. The standard InChI is InChI=1S/C15H13N3O5/c16-13(19)9-17-15(20)11-4-1-10(2-5-11)3-6-12-7-8-14(23-12)18(21)22/h1-8H,9H2,(H2,16,19)(H,17,20). The molecule has 0 unspecified atom stereocenters. The predicted octanol–water partition coefficient (Wildman–Crippen LogP) is 1.57. The van der Waals surface area contributed by atoms with E-state index in [-0.39, 0.29) is 12.4 Å². The van der Waals surface area contributed by atoms with Crippen LogP contribution in [-0.2, 0) is 4.79 Å². The van der Waals surface area contributed by atoms with E-state index in [0.29, 0.717) is 11.3 Å². The predicted molar refractivity (Wildman–Crippen MR) is 82.3 cm³/mol. The summed E-state index contributed by atoms with van der Waals surface area (Å²) in [5.74, 6) is -1.00. The molecule has 0 bridgehead atoms. The van der Waals surface area contributed by atoms with Gasteiger partial charge in [-0.2, -0.15) is 0 Å². The molecule has 2 amide bonds. The van der Waals surface area contributed by atoms with Gasteiger partial charge >= 0.3 is 5.88 Å². The molecule has 8 heteroatoms. The number of amides is 2. The van der Waals surface area contributed by atoms with Gasteiger partial charge in [-0.1, -0.05) is 18.2 Å². The highest BCUT2D eigenvalue weighted by molar-refractivity contribution is 5.96. The molecule has 23 heavy (non-hydrogen) atoms. The van der Waals surface area contributed by atoms with Gasteiger partial charge in [0.2, 0.25) is 5.91 Å². The van der Waals surface area contributed by atoms with Crippen molar-refractivity contribution in [3.63, 3.8) is 0 Å². The summed E-state index contributed by atoms with van der Waals surface area (Å²) in [6.45, 7) is -0.224. The van der Waals surface area contributed by atoms with Crippen molar-refractivity contribution in [3.8, 4) is 0 Å². The number of rotatable bonds is 6. The highest BCUT2D eigenvalue weighted by Gasteiger charge is 2.10. The van der Waals surface area contributed by atoms with E-state index in [1.807, 2.05) is 0 Å². The Hall–Kier alpha value is -3.42. The molecular formula is C15H13N3O5. The maximum absolute atomic E-state index is 11.7. The first-order chi connectivity index (χ1) is 11.0. The van der Waals surface area contributed by atoms with Crippen LogP contribution in [0.5, 0.6) is 0 Å². The molecule has 0 saturated heterocycles. The van der Waals surface area contributed by atoms with Crippen molar-refractivity contribution >= 4 is 29.9 Å². The number of primary amides is 1. The summed E-state index contributed by atoms with van der Waals surface area (Å²) in [6.07, 6.45) is 3.27. The van der Waals surface area contributed by atoms with Gasteiger partial charge < -0.3 is 15.5 Å². The first-order valence-electron chi connectivity index (χ1n) is 6.54. The van der Waals surface area contributed by atoms with E-state index < -0.39 is 16.7 Å². The fraction of sp³-hybridized carbons (Fsp3) is 0.0667. The van der Waals surface area contributed by atoms with Crippen LogP contribution in [-0.4, -0.2) is 23.3 Å². The third kappa shape index (κ3) is 4.53. The van der Waals surface area contributed by atoms with Crippen molar-refractivity contribution in [1.29, 1.82) is 0 Å². The van der Waals surface area contributed by atoms with Crippen LogP contribution in [0.3, 0.4) is 0 Å². The molecule has 2 aromatic rings. The minimum atomic E-state index is -0.620. The number of benzene rings is 1. The molecule has 2 rings (SSSR count). The van der Waals surface area contributed by atoms with Gasteiger partial charge in [-0.3, -0.25) is 19.7 Å². The first-order valence-corrected chi connectivity index (χ1v) is 6.54. The zero-order valence-corrected chi connectivity index (χ0v) is 11.9. The summed E-state index contributed by atoms with van der Waals surface area (Å²) < 4.78 is 4.99. The molecule has 0 radical (unpaired) electrons. The molecule has 1 aromatic carbocycles. The van der Waals surface area contributed by atoms with E-state index in [4.69, 9.17) is 10.2 Å². The maximum Gasteiger partial charge on any atom is 0.433 e. The van der Waals surface area contributed by atoms with E-state index in [2.05, 4.69) is 5.32 Å². The number of nitrogens with two attached hydrogens (primary N) is 1. The van der Waals surface area contributed by atoms with E-state index in [0.717, 1.165) is 5.56 Å². The van der Waals surface area contributed by atoms with Gasteiger partial charge in [-0.05, 0) is 29.8 Å². The lowest BCUT2D eigenvalue weighted by atomic mass is 10.1. The lowest BCUT2D eigenvalue weighted by molar-refractivity contribution is -0.402. The summed E-state index contributed by atoms with van der Waals surface area (Å²) >= 11 is 0. The normalized spacial score (nSPS) is 10.6. The van der Waals surface area contributed by atoms with Gasteiger partial charge in [-0.15, -0.1) is 0 Å². The SMILES string of the molecule is NC(=O)CNC(=O)c1ccc(C=Cc2ccc([N+](=O)[O-])o2)cc1. The van der Waals surface area contributed by atoms with Crippen LogP contribution in [0, 0.1) is 10.1 Å². The van der Waals surface area contributed by atoms with Crippen molar-refractivity contribution in [2.75, 3.05) is 6.54 Å². The van der Waals surface area contributed by atoms with E-state index in [1.165, 1.54) is 12.1 Å². The Bertz CT molecular complexity index is 762. The van der Waals surface area contributed by atoms with Crippen molar-refractivity contribution in [2.45, 2.75) is 0 Å². The second-order valence-corrected chi connectivity index (χ2v) is 4.54. The van der Waals surface area contributed by atoms with Gasteiger partial charge in [0.05, 0.1) is 12.6 Å². The molecule has 0 aliphatic carbocycles. The minimum Gasteiger partial charge on any atom is -0.401 e. The molecule has 118 valence electrons. The topological polar surface area (TPSA) is 128 Å². The van der Waals surface area contributed by atoms with Crippen LogP contribution in [0.15, 0.2) is 40.8 Å². The smallest absolute Gasteiger partial charge is 0.401 e. The molecule has 0 aliphatic rings. The fourth-order valence-corrected chi connectivity index (χ4v) is 1.72. The quantitative estimate of drug-likeness (QED) is 0.617. The molecular weight excluding hydrogens is 302 g/mol. The van der Waals surface area contributed by atoms with E-state index in [9.17, 15) is 19.7 Å². The molecule has 1 heterocycles. The monoisotopic (exact) mass is 315 g/mol. The Labute approximate surface area is 130 Å². The Kier molecular flexibility index (Phi) is 4.88. The van der Waals surface area contributed by atoms with Crippen molar-refractivity contribution < 1.29 is 18.9 Å². The number of carbonyl (C=O) groups is 2. The number of hydrogen-bond acceptors (Lipinski definition) is 5. The summed E-state index contributed by atoms with van der Waals surface area (Å²) in [5.41, 5.74) is 6.10. The van der Waals surface area contributed by atoms with Crippen LogP contribution in [0.4, 0.5) is 5.88 Å². The minimum absolute atomic E-state index is 0.224. The number of carbonyl (C=O) groups excluding carboxylic acids is 2. The summed E-state index contributed by atoms with van der Waals surface area (Å²) in [6, 6.07) is 9.30. The molecule has 8 nitrogen and oxygen atoms in total. The zero-order chi connectivity index (χ0) is 16.8. The summed E-state index contributed by atoms with van der Waals surface area (Å²) in [4.78, 5) is 32.2. The number of furan rings is 1. The van der Waals surface area contributed by atoms with Gasteiger partial charge in [0, 0.05) is 5.56 Å². The zero-order valence-electron chi connectivity index (χ0n) is 11.9. The number of nitrogens with one attached hydrogen (secondary N) is 1. The maximum atomic E-state index is 11.7. The Morgan fingerprint density at radius 3 is 2.43 bits per heavy atom. The molecule has 1 aromatic heterocycles. The number of hydrogen-bond donors (Lipinski definition) is 2. The van der Waals surface area contributed by atoms with Crippen molar-refractivity contribution in [3.05, 3.63) is 63.4 Å². The second-order valence-electron chi connectivity index (χ2n) is 4.54. The van der Waals surface area contributed by atoms with Crippen molar-refractivity contribution in [2.24, 2.45) is 5.73 Å². The highest BCUT2D eigenvalue weighted by Crippen LogP contribution is 2.18. The summed E-state index contributed by atoms with van der Waals surface area (Å²) in [7, 11) is 0. The highest BCUT2D eigenvalue weighted by atomic mass is 16.6. The van der Waals surface area contributed by atoms with Crippen LogP contribution in [0.2, 0.25) is 0 Å². The first kappa shape index (κ1) is 16.0. The van der Waals surface area contributed by atoms with E-state index >= 15 is 0 Å². The van der Waals surface area contributed by atoms with Gasteiger partial charge in [0.15, 0.2) is 0 Å². The van der Waals surface area contributed by atoms with Gasteiger partial charge in [0.1, 0.15) is 10.7 Å². The second kappa shape index (κ2) is 7.03. The van der Waals surface area contributed by atoms with Crippen LogP contribution >= 0.6 is 0 Å². The Balaban J connectivity index is 2.01. The molecule has 0 fully saturated rings. The lowest BCUT2D eigenvalue weighted by Gasteiger charge is -2.02. The number of nitro groups is 1. The molecule has 0 atom stereocenters. The van der Waals surface area contributed by atoms with Crippen LogP contribution in [0.1, 0.15) is 21.7 Å². The van der Waals surface area contributed by atoms with E-state index in [1.54, 1.807) is 36.4 Å². The van der Waals surface area contributed by atoms with Gasteiger partial charge in [-0.25, -0.2) is 0 Å². The van der Waals surface area contributed by atoms with Crippen LogP contribution in [0.25, 0.3) is 12.2 Å². The van der Waals surface area contributed by atoms with Gasteiger partial charge in [0.25, 0.3) is 5.91 Å². The third-order valence-corrected chi connectivity index (χ3v) is 2.83. The number of nitrogens with zero attached hydrogens (tertiary/aromatic N) is 1. The molecule has 0 saturated carbocycles. The average Bonchev–Trinajstić information content (AvgIpc) is 3.00. The molecule has 0 spiro atoms. The molecule has 3 N–H and O–H groups in total. The third-order valence-electron chi connectivity index (χ3n) is 2.83. The van der Waals surface area contributed by atoms with Crippen LogP contribution < -0.4 is 11.1 Å². The Morgan fingerprint density at radius 2 is 1.87 bits per heavy atom. The Morgan fingerprint density at radius 1 is 1.17 bits per heavy atom. The molecule has 0 aliphatic heterocycles. The summed E-state index contributed by atoms with van der Waals surface area (Å²) in [5, 5.41) is 12.9. The average molecular weight is 315 g/mol. The largest absolute Gasteiger partial charge is 0.433 e. The van der Waals surface area contributed by atoms with Crippen molar-refractivity contribution in [1.82, 2.24) is 5.32 Å². The fourth-order valence-electron chi connectivity index (χ4n) is 1.72.